The predicted molar refractivity (Wildman–Crippen MR) is 41.7 cm³/mol. The molecule has 3 nitrogen and oxygen atoms in total. The van der Waals surface area contributed by atoms with Crippen molar-refractivity contribution >= 4 is 11.4 Å². The van der Waals surface area contributed by atoms with Crippen LogP contribution in [0.2, 0.25) is 0 Å². The summed E-state index contributed by atoms with van der Waals surface area (Å²) in [5.41, 5.74) is 12.4. The van der Waals surface area contributed by atoms with E-state index in [-0.39, 0.29) is 5.75 Å². The highest BCUT2D eigenvalue weighted by Crippen LogP contribution is 2.26. The van der Waals surface area contributed by atoms with Crippen molar-refractivity contribution in [3.63, 3.8) is 0 Å². The number of anilines is 2. The van der Waals surface area contributed by atoms with Crippen molar-refractivity contribution in [2.24, 2.45) is 0 Å². The van der Waals surface area contributed by atoms with Gasteiger partial charge in [0, 0.05) is 5.69 Å². The van der Waals surface area contributed by atoms with Gasteiger partial charge in [-0.1, -0.05) is 0 Å². The Morgan fingerprint density at radius 3 is 2.40 bits per heavy atom. The third-order valence-corrected chi connectivity index (χ3v) is 1.35. The molecule has 0 radical (unpaired) electrons. The lowest BCUT2D eigenvalue weighted by molar-refractivity contribution is 0.474. The Labute approximate surface area is 59.3 Å². The van der Waals surface area contributed by atoms with Gasteiger partial charge < -0.3 is 16.6 Å². The topological polar surface area (TPSA) is 72.3 Å². The normalized spacial score (nSPS) is 9.70. The zero-order valence-corrected chi connectivity index (χ0v) is 5.76. The van der Waals surface area contributed by atoms with E-state index in [1.165, 1.54) is 6.07 Å². The number of nitrogens with two attached hydrogens (primary N) is 2. The molecule has 0 amide bonds. The predicted octanol–water partition coefficient (Wildman–Crippen LogP) is 0.865. The molecule has 54 valence electrons. The molecule has 1 rings (SSSR count). The quantitative estimate of drug-likeness (QED) is 0.283. The Morgan fingerprint density at radius 1 is 1.30 bits per heavy atom. The summed E-state index contributed by atoms with van der Waals surface area (Å²) in [7, 11) is 0. The fourth-order valence-corrected chi connectivity index (χ4v) is 0.836. The Bertz CT molecular complexity index is 235. The summed E-state index contributed by atoms with van der Waals surface area (Å²) in [6.07, 6.45) is 0. The van der Waals surface area contributed by atoms with E-state index in [9.17, 15) is 0 Å². The van der Waals surface area contributed by atoms with Crippen LogP contribution in [0.25, 0.3) is 0 Å². The molecule has 0 heterocycles. The minimum atomic E-state index is 0.120. The molecule has 0 saturated carbocycles. The highest BCUT2D eigenvalue weighted by atomic mass is 16.3. The van der Waals surface area contributed by atoms with Crippen molar-refractivity contribution in [3.05, 3.63) is 17.7 Å². The molecule has 0 aliphatic heterocycles. The molecule has 5 N–H and O–H groups in total. The van der Waals surface area contributed by atoms with Crippen molar-refractivity contribution < 1.29 is 5.11 Å². The van der Waals surface area contributed by atoms with E-state index >= 15 is 0 Å². The van der Waals surface area contributed by atoms with Crippen molar-refractivity contribution in [1.29, 1.82) is 0 Å². The highest BCUT2D eigenvalue weighted by molar-refractivity contribution is 5.63. The smallest absolute Gasteiger partial charge is 0.141 e. The lowest BCUT2D eigenvalue weighted by Gasteiger charge is -2.02. The van der Waals surface area contributed by atoms with Gasteiger partial charge in [-0.15, -0.1) is 0 Å². The molecule has 0 saturated heterocycles. The number of phenols is 1. The van der Waals surface area contributed by atoms with Gasteiger partial charge >= 0.3 is 0 Å². The summed E-state index contributed by atoms with van der Waals surface area (Å²) < 4.78 is 0. The molecule has 0 fully saturated rings. The van der Waals surface area contributed by atoms with E-state index in [1.54, 1.807) is 13.0 Å². The van der Waals surface area contributed by atoms with E-state index in [2.05, 4.69) is 0 Å². The van der Waals surface area contributed by atoms with E-state index in [1.807, 2.05) is 0 Å². The second-order valence-electron chi connectivity index (χ2n) is 2.28. The summed E-state index contributed by atoms with van der Waals surface area (Å²) in [5, 5.41) is 9.15. The number of nitrogen functional groups attached to an aromatic ring is 2. The largest absolute Gasteiger partial charge is 0.506 e. The van der Waals surface area contributed by atoms with E-state index in [0.717, 1.165) is 0 Å². The van der Waals surface area contributed by atoms with Crippen LogP contribution in [0.1, 0.15) is 5.56 Å². The standard InChI is InChI=1S/C7H10N2O/c1-4-2-5(8)3-6(9)7(4)10/h2-3,10H,8-9H2,1H3. The first kappa shape index (κ1) is 6.74. The first-order valence-electron chi connectivity index (χ1n) is 2.96. The molecule has 0 unspecified atom stereocenters. The first-order chi connectivity index (χ1) is 4.61. The minimum absolute atomic E-state index is 0.120. The average Bonchev–Trinajstić information content (AvgIpc) is 1.82. The maximum Gasteiger partial charge on any atom is 0.141 e. The summed E-state index contributed by atoms with van der Waals surface area (Å²) in [6, 6.07) is 3.20. The van der Waals surface area contributed by atoms with Gasteiger partial charge in [0.15, 0.2) is 0 Å². The van der Waals surface area contributed by atoms with Crippen LogP contribution in [0.5, 0.6) is 5.75 Å². The third-order valence-electron chi connectivity index (χ3n) is 1.35. The molecular weight excluding hydrogens is 128 g/mol. The van der Waals surface area contributed by atoms with Crippen LogP contribution >= 0.6 is 0 Å². The zero-order valence-electron chi connectivity index (χ0n) is 5.76. The molecule has 0 aliphatic rings. The highest BCUT2D eigenvalue weighted by Gasteiger charge is 2.00. The molecule has 0 atom stereocenters. The van der Waals surface area contributed by atoms with Crippen molar-refractivity contribution in [2.45, 2.75) is 6.92 Å². The van der Waals surface area contributed by atoms with E-state index in [4.69, 9.17) is 16.6 Å². The number of rotatable bonds is 0. The Balaban J connectivity index is 3.31. The van der Waals surface area contributed by atoms with Crippen LogP contribution in [-0.2, 0) is 0 Å². The molecule has 0 bridgehead atoms. The number of benzene rings is 1. The molecule has 0 spiro atoms. The van der Waals surface area contributed by atoms with Crippen LogP contribution in [0.15, 0.2) is 12.1 Å². The fourth-order valence-electron chi connectivity index (χ4n) is 0.836. The summed E-state index contributed by atoms with van der Waals surface area (Å²) in [6.45, 7) is 1.75. The second kappa shape index (κ2) is 2.10. The molecule has 1 aromatic carbocycles. The maximum atomic E-state index is 9.15. The van der Waals surface area contributed by atoms with E-state index < -0.39 is 0 Å². The van der Waals surface area contributed by atoms with Gasteiger partial charge in [0.1, 0.15) is 5.75 Å². The summed E-state index contributed by atoms with van der Waals surface area (Å²) in [5.74, 6) is 0.120. The number of aryl methyl sites for hydroxylation is 1. The van der Waals surface area contributed by atoms with Crippen molar-refractivity contribution in [3.8, 4) is 5.75 Å². The molecule has 1 aromatic rings. The van der Waals surface area contributed by atoms with Crippen LogP contribution < -0.4 is 11.5 Å². The molecule has 0 aliphatic carbocycles. The van der Waals surface area contributed by atoms with Gasteiger partial charge in [0.25, 0.3) is 0 Å². The molecule has 3 heteroatoms. The number of hydrogen-bond acceptors (Lipinski definition) is 3. The molecule has 0 aromatic heterocycles. The second-order valence-corrected chi connectivity index (χ2v) is 2.28. The summed E-state index contributed by atoms with van der Waals surface area (Å²) >= 11 is 0. The molecule has 10 heavy (non-hydrogen) atoms. The van der Waals surface area contributed by atoms with Gasteiger partial charge in [0.05, 0.1) is 5.69 Å². The average molecular weight is 138 g/mol. The number of aromatic hydroxyl groups is 1. The minimum Gasteiger partial charge on any atom is -0.506 e. The molecular formula is C7H10N2O. The fraction of sp³-hybridized carbons (Fsp3) is 0.143. The van der Waals surface area contributed by atoms with Crippen LogP contribution in [-0.4, -0.2) is 5.11 Å². The van der Waals surface area contributed by atoms with Gasteiger partial charge in [-0.3, -0.25) is 0 Å². The van der Waals surface area contributed by atoms with Crippen LogP contribution in [0.4, 0.5) is 11.4 Å². The Hall–Kier alpha value is -1.38. The lowest BCUT2D eigenvalue weighted by Crippen LogP contribution is -1.91. The summed E-state index contributed by atoms with van der Waals surface area (Å²) in [4.78, 5) is 0. The lowest BCUT2D eigenvalue weighted by atomic mass is 10.2. The number of phenolic OH excluding ortho intramolecular Hbond substituents is 1. The van der Waals surface area contributed by atoms with Gasteiger partial charge in [-0.25, -0.2) is 0 Å². The van der Waals surface area contributed by atoms with Crippen LogP contribution in [0, 0.1) is 6.92 Å². The third kappa shape index (κ3) is 0.978. The maximum absolute atomic E-state index is 9.15. The van der Waals surface area contributed by atoms with Crippen molar-refractivity contribution in [1.82, 2.24) is 0 Å². The number of hydrogen-bond donors (Lipinski definition) is 3. The Kier molecular flexibility index (Phi) is 1.41. The van der Waals surface area contributed by atoms with Crippen LogP contribution in [0.3, 0.4) is 0 Å². The first-order valence-corrected chi connectivity index (χ1v) is 2.96. The monoisotopic (exact) mass is 138 g/mol. The van der Waals surface area contributed by atoms with Gasteiger partial charge in [-0.05, 0) is 24.6 Å². The zero-order chi connectivity index (χ0) is 7.72. The van der Waals surface area contributed by atoms with Gasteiger partial charge in [-0.2, -0.15) is 0 Å². The Morgan fingerprint density at radius 2 is 1.90 bits per heavy atom. The van der Waals surface area contributed by atoms with Gasteiger partial charge in [0.2, 0.25) is 0 Å². The van der Waals surface area contributed by atoms with E-state index in [0.29, 0.717) is 16.9 Å². The van der Waals surface area contributed by atoms with Crippen molar-refractivity contribution in [2.75, 3.05) is 11.5 Å². The SMILES string of the molecule is Cc1cc(N)cc(N)c1O.